The first kappa shape index (κ1) is 4.89. The van der Waals surface area contributed by atoms with Crippen molar-refractivity contribution in [3.05, 3.63) is 4.91 Å². The first-order valence-electron chi connectivity index (χ1n) is 1.03. The topological polar surface area (TPSA) is 52.9 Å². The van der Waals surface area contributed by atoms with Crippen molar-refractivity contribution in [2.75, 3.05) is 0 Å². The van der Waals surface area contributed by atoms with Crippen LogP contribution in [0, 0.1) is 4.91 Å². The van der Waals surface area contributed by atoms with E-state index >= 15 is 0 Å². The van der Waals surface area contributed by atoms with E-state index in [2.05, 4.69) is 5.29 Å². The normalized spacial score (nSPS) is 6.60. The number of nitroso groups, excluding NO2 is 1. The van der Waals surface area contributed by atoms with E-state index in [-0.39, 0.29) is 16.5 Å². The summed E-state index contributed by atoms with van der Waals surface area (Å²) in [5, 5.41) is 9.87. The summed E-state index contributed by atoms with van der Waals surface area (Å²) >= 11 is 0.279. The highest BCUT2D eigenvalue weighted by molar-refractivity contribution is 6.02. The minimum absolute atomic E-state index is 0.279. The van der Waals surface area contributed by atoms with Gasteiger partial charge in [0.15, 0.2) is 0 Å². The maximum atomic E-state index is 8.97. The van der Waals surface area contributed by atoms with Crippen LogP contribution >= 0.6 is 0 Å². The van der Waals surface area contributed by atoms with Crippen molar-refractivity contribution >= 4 is 16.5 Å². The van der Waals surface area contributed by atoms with Gasteiger partial charge in [0, 0.05) is 5.29 Å². The van der Waals surface area contributed by atoms with Gasteiger partial charge in [-0.2, -0.15) is 0 Å². The molecule has 0 atom stereocenters. The summed E-state index contributed by atoms with van der Waals surface area (Å²) < 4.78 is 0.333. The van der Waals surface area contributed by atoms with E-state index in [1.165, 1.54) is 0 Å². The molecule has 0 aromatic carbocycles. The van der Waals surface area contributed by atoms with E-state index in [9.17, 15) is 0 Å². The average molecular weight is 90.0 g/mol. The van der Waals surface area contributed by atoms with Crippen LogP contribution in [0.15, 0.2) is 5.29 Å². The van der Waals surface area contributed by atoms with Crippen LogP contribution in [0.5, 0.6) is 0 Å². The lowest BCUT2D eigenvalue weighted by Crippen LogP contribution is -2.02. The third-order valence-corrected chi connectivity index (χ3v) is 0.281. The fourth-order valence-electron chi connectivity index (χ4n) is 0. The molecule has 0 bridgehead atoms. The van der Waals surface area contributed by atoms with Gasteiger partial charge in [-0.3, -0.25) is 9.36 Å². The molecule has 4 nitrogen and oxygen atoms in total. The van der Waals surface area contributed by atoms with Crippen LogP contribution in [-0.2, 0) is 0 Å². The van der Waals surface area contributed by atoms with Gasteiger partial charge < -0.3 is 0 Å². The minimum Gasteiger partial charge on any atom is -0.296 e. The molecule has 0 aliphatic heterocycles. The van der Waals surface area contributed by atoms with E-state index in [1.807, 2.05) is 0 Å². The summed E-state index contributed by atoms with van der Waals surface area (Å²) in [5.41, 5.74) is 0. The van der Waals surface area contributed by atoms with Crippen molar-refractivity contribution in [3.63, 3.8) is 0 Å². The molecule has 0 amide bonds. The van der Waals surface area contributed by atoms with Crippen molar-refractivity contribution in [1.29, 1.82) is 0 Å². The van der Waals surface area contributed by atoms with Crippen LogP contribution in [-0.4, -0.2) is 25.9 Å². The largest absolute Gasteiger partial charge is 0.445 e. The fraction of sp³-hybridized carbons (Fsp3) is 0. The molecule has 0 radical (unpaired) electrons. The predicted octanol–water partition coefficient (Wildman–Crippen LogP) is -1.09. The molecule has 5 heteroatoms. The monoisotopic (exact) mass is 90.0 g/mol. The highest BCUT2D eigenvalue weighted by Crippen LogP contribution is 1.61. The number of nitrogens with zero attached hydrogens (tertiary/aromatic N) is 2. The van der Waals surface area contributed by atoms with E-state index in [0.29, 0.717) is 4.16 Å². The Hall–Kier alpha value is -0.108. The predicted molar refractivity (Wildman–Crippen MR) is 18.0 cm³/mol. The zero-order chi connectivity index (χ0) is 4.28. The number of hydrogen-bond donors (Lipinski definition) is 1. The van der Waals surface area contributed by atoms with Gasteiger partial charge in [0.2, 0.25) is 0 Å². The summed E-state index contributed by atoms with van der Waals surface area (Å²) in [7, 11) is 0. The summed E-state index contributed by atoms with van der Waals surface area (Å²) in [6, 6.07) is 0. The molecule has 0 unspecified atom stereocenters. The van der Waals surface area contributed by atoms with E-state index in [0.717, 1.165) is 0 Å². The minimum atomic E-state index is 0.279. The summed E-state index contributed by atoms with van der Waals surface area (Å²) in [4.78, 5) is 8.97. The lowest BCUT2D eigenvalue weighted by molar-refractivity contribution is 0.00523. The molecule has 0 aliphatic carbocycles. The van der Waals surface area contributed by atoms with Gasteiger partial charge >= 0.3 is 16.5 Å². The number of hydrogen-bond acceptors (Lipinski definition) is 3. The Labute approximate surface area is 36.9 Å². The summed E-state index contributed by atoms with van der Waals surface area (Å²) in [6.45, 7) is 0. The molecular formula is H3AlN2O2. The molecule has 0 heterocycles. The fourth-order valence-corrected chi connectivity index (χ4v) is 0. The standard InChI is InChI=1S/Al.H2N2O2.2H/c;3-1-2-4;;/h;(H2,1,2,3,4);;/q+1;;;/p-1. The summed E-state index contributed by atoms with van der Waals surface area (Å²) in [6.07, 6.45) is 0. The van der Waals surface area contributed by atoms with Crippen molar-refractivity contribution in [2.45, 2.75) is 0 Å². The van der Waals surface area contributed by atoms with E-state index in [1.54, 1.807) is 0 Å². The van der Waals surface area contributed by atoms with Crippen molar-refractivity contribution in [2.24, 2.45) is 5.29 Å². The van der Waals surface area contributed by atoms with Crippen LogP contribution in [0.3, 0.4) is 0 Å². The lowest BCUT2D eigenvalue weighted by atomic mass is 12.7. The Morgan fingerprint density at radius 2 is 2.20 bits per heavy atom. The van der Waals surface area contributed by atoms with Gasteiger partial charge in [0.25, 0.3) is 0 Å². The Morgan fingerprint density at radius 3 is 2.20 bits per heavy atom. The van der Waals surface area contributed by atoms with Crippen LogP contribution in [0.1, 0.15) is 0 Å². The molecule has 1 N–H and O–H groups in total. The zero-order valence-electron chi connectivity index (χ0n) is 2.75. The molecule has 5 heavy (non-hydrogen) atoms. The van der Waals surface area contributed by atoms with Gasteiger partial charge in [0.1, 0.15) is 0 Å². The molecule has 0 saturated heterocycles. The maximum absolute atomic E-state index is 8.97. The highest BCUT2D eigenvalue weighted by Gasteiger charge is 1.73. The van der Waals surface area contributed by atoms with Gasteiger partial charge in [-0.05, 0) is 0 Å². The lowest BCUT2D eigenvalue weighted by Gasteiger charge is -1.90. The second-order valence-electron chi connectivity index (χ2n) is 0.571. The van der Waals surface area contributed by atoms with Crippen LogP contribution < -0.4 is 0 Å². The summed E-state index contributed by atoms with van der Waals surface area (Å²) in [5.74, 6) is 0. The number of rotatable bonds is 1. The Kier molecular flexibility index (Phi) is 2.10. The molecule has 0 spiro atoms. The van der Waals surface area contributed by atoms with Gasteiger partial charge in [0.05, 0.1) is 0 Å². The molecule has 0 aromatic heterocycles. The van der Waals surface area contributed by atoms with Gasteiger partial charge in [-0.25, -0.2) is 0 Å². The molecule has 0 aromatic rings. The smallest absolute Gasteiger partial charge is 0.296 e. The third kappa shape index (κ3) is 3.89. The van der Waals surface area contributed by atoms with Gasteiger partial charge in [-0.1, -0.05) is 0 Å². The van der Waals surface area contributed by atoms with Crippen LogP contribution in [0.25, 0.3) is 0 Å². The quantitative estimate of drug-likeness (QED) is 0.253. The maximum Gasteiger partial charge on any atom is 0.445 e. The van der Waals surface area contributed by atoms with Crippen LogP contribution in [0.4, 0.5) is 0 Å². The second kappa shape index (κ2) is 2.15. The third-order valence-electron chi connectivity index (χ3n) is 0.118. The molecule has 0 saturated carbocycles. The zero-order valence-corrected chi connectivity index (χ0v) is 4.75. The SMILES string of the molecule is O=N[N](O)[AlH2]. The van der Waals surface area contributed by atoms with E-state index < -0.39 is 0 Å². The molecular weight excluding hydrogens is 87.0 g/mol. The Balaban J connectivity index is 2.83. The van der Waals surface area contributed by atoms with Crippen molar-refractivity contribution < 1.29 is 5.21 Å². The van der Waals surface area contributed by atoms with Crippen molar-refractivity contribution in [1.82, 2.24) is 4.16 Å². The first-order valence-corrected chi connectivity index (χ1v) is 1.92. The average Bonchev–Trinajstić information content (AvgIpc) is 1.38. The first-order chi connectivity index (χ1) is 2.27. The highest BCUT2D eigenvalue weighted by atomic mass is 27.1. The molecule has 0 rings (SSSR count). The van der Waals surface area contributed by atoms with Gasteiger partial charge in [-0.15, -0.1) is 4.91 Å². The van der Waals surface area contributed by atoms with Crippen molar-refractivity contribution in [3.8, 4) is 0 Å². The molecule has 0 aliphatic rings. The molecule has 0 fully saturated rings. The second-order valence-corrected chi connectivity index (χ2v) is 1.37. The van der Waals surface area contributed by atoms with E-state index in [4.69, 9.17) is 10.1 Å². The molecule has 28 valence electrons. The Morgan fingerprint density at radius 1 is 2.00 bits per heavy atom. The Bertz CT molecular complexity index is 34.6. The van der Waals surface area contributed by atoms with Crippen LogP contribution in [0.2, 0.25) is 0 Å².